The predicted octanol–water partition coefficient (Wildman–Crippen LogP) is 2.47. The molecule has 0 spiro atoms. The van der Waals surface area contributed by atoms with Crippen LogP contribution in [0.5, 0.6) is 5.75 Å². The number of nitrogens with one attached hydrogen (secondary N) is 3. The van der Waals surface area contributed by atoms with Crippen LogP contribution in [0.1, 0.15) is 10.4 Å². The van der Waals surface area contributed by atoms with E-state index in [1.54, 1.807) is 37.7 Å². The molecule has 138 valence electrons. The molecule has 0 fully saturated rings. The molecule has 0 saturated carbocycles. The lowest BCUT2D eigenvalue weighted by Gasteiger charge is -2.10. The molecule has 0 atom stereocenters. The van der Waals surface area contributed by atoms with E-state index in [-0.39, 0.29) is 5.91 Å². The van der Waals surface area contributed by atoms with Gasteiger partial charge in [-0.25, -0.2) is 0 Å². The first-order valence-corrected chi connectivity index (χ1v) is 8.42. The molecule has 27 heavy (non-hydrogen) atoms. The van der Waals surface area contributed by atoms with Crippen molar-refractivity contribution in [1.82, 2.24) is 20.5 Å². The summed E-state index contributed by atoms with van der Waals surface area (Å²) in [4.78, 5) is 16.2. The first kappa shape index (κ1) is 18.1. The van der Waals surface area contributed by atoms with Crippen molar-refractivity contribution in [2.24, 2.45) is 0 Å². The zero-order valence-electron chi connectivity index (χ0n) is 14.8. The number of pyridine rings is 1. The van der Waals surface area contributed by atoms with Gasteiger partial charge in [-0.2, -0.15) is 0 Å². The van der Waals surface area contributed by atoms with Gasteiger partial charge < -0.3 is 20.7 Å². The van der Waals surface area contributed by atoms with Crippen molar-refractivity contribution < 1.29 is 9.53 Å². The summed E-state index contributed by atoms with van der Waals surface area (Å²) in [6.45, 7) is 0.961. The Morgan fingerprint density at radius 1 is 0.963 bits per heavy atom. The molecule has 0 unspecified atom stereocenters. The van der Waals surface area contributed by atoms with E-state index in [1.807, 2.05) is 30.3 Å². The second-order valence-electron chi connectivity index (χ2n) is 5.55. The number of carbonyl (C=O) groups is 1. The summed E-state index contributed by atoms with van der Waals surface area (Å²) in [5.41, 5.74) is 1.39. The topological polar surface area (TPSA) is 101 Å². The van der Waals surface area contributed by atoms with E-state index in [0.29, 0.717) is 36.0 Å². The number of aromatic nitrogens is 3. The Morgan fingerprint density at radius 2 is 1.70 bits per heavy atom. The standard InChI is InChI=1S/C19H20N6O2/c1-27-16-5-3-2-4-15(16)19(26)22-13-12-21-17-6-7-18(25-24-17)23-14-8-10-20-11-9-14/h2-11H,12-13H2,1H3,(H,21,24)(H,22,26)(H,20,23,25). The van der Waals surface area contributed by atoms with Crippen LogP contribution in [0.2, 0.25) is 0 Å². The molecule has 0 radical (unpaired) electrons. The maximum absolute atomic E-state index is 12.2. The number of benzene rings is 1. The van der Waals surface area contributed by atoms with Crippen molar-refractivity contribution >= 4 is 23.2 Å². The van der Waals surface area contributed by atoms with Gasteiger partial charge in [-0.05, 0) is 36.4 Å². The summed E-state index contributed by atoms with van der Waals surface area (Å²) in [5.74, 6) is 1.63. The van der Waals surface area contributed by atoms with E-state index in [4.69, 9.17) is 4.74 Å². The third-order valence-corrected chi connectivity index (χ3v) is 3.69. The van der Waals surface area contributed by atoms with Crippen molar-refractivity contribution in [3.05, 3.63) is 66.5 Å². The first-order chi connectivity index (χ1) is 13.3. The molecule has 0 saturated heterocycles. The minimum atomic E-state index is -0.183. The predicted molar refractivity (Wildman–Crippen MR) is 103 cm³/mol. The average molecular weight is 364 g/mol. The van der Waals surface area contributed by atoms with Crippen LogP contribution in [0.4, 0.5) is 17.3 Å². The number of amides is 1. The molecule has 0 bridgehead atoms. The molecule has 1 aromatic carbocycles. The molecule has 0 aliphatic heterocycles. The van der Waals surface area contributed by atoms with E-state index in [9.17, 15) is 4.79 Å². The van der Waals surface area contributed by atoms with Gasteiger partial charge in [-0.15, -0.1) is 10.2 Å². The van der Waals surface area contributed by atoms with Gasteiger partial charge in [0.1, 0.15) is 11.6 Å². The van der Waals surface area contributed by atoms with Crippen molar-refractivity contribution in [3.63, 3.8) is 0 Å². The second kappa shape index (κ2) is 9.14. The third-order valence-electron chi connectivity index (χ3n) is 3.69. The molecule has 8 heteroatoms. The number of anilines is 3. The molecule has 2 aromatic heterocycles. The van der Waals surface area contributed by atoms with E-state index in [1.165, 1.54) is 0 Å². The molecular weight excluding hydrogens is 344 g/mol. The summed E-state index contributed by atoms with van der Waals surface area (Å²) in [7, 11) is 1.54. The molecule has 3 aromatic rings. The van der Waals surface area contributed by atoms with Crippen molar-refractivity contribution in [3.8, 4) is 5.75 Å². The fraction of sp³-hybridized carbons (Fsp3) is 0.158. The molecule has 0 aliphatic carbocycles. The van der Waals surface area contributed by atoms with Crippen LogP contribution in [0.15, 0.2) is 60.9 Å². The highest BCUT2D eigenvalue weighted by atomic mass is 16.5. The molecule has 8 nitrogen and oxygen atoms in total. The zero-order valence-corrected chi connectivity index (χ0v) is 14.8. The Balaban J connectivity index is 1.44. The van der Waals surface area contributed by atoms with Crippen molar-refractivity contribution in [2.45, 2.75) is 0 Å². The number of hydrogen-bond donors (Lipinski definition) is 3. The molecular formula is C19H20N6O2. The molecule has 1 amide bonds. The van der Waals surface area contributed by atoms with E-state index in [2.05, 4.69) is 31.1 Å². The number of nitrogens with zero attached hydrogens (tertiary/aromatic N) is 3. The molecule has 3 rings (SSSR count). The highest BCUT2D eigenvalue weighted by Crippen LogP contribution is 2.16. The lowest BCUT2D eigenvalue weighted by atomic mass is 10.2. The lowest BCUT2D eigenvalue weighted by Crippen LogP contribution is -2.29. The number of rotatable bonds is 8. The van der Waals surface area contributed by atoms with Gasteiger partial charge in [0.2, 0.25) is 0 Å². The fourth-order valence-corrected chi connectivity index (χ4v) is 2.37. The number of carbonyl (C=O) groups excluding carboxylic acids is 1. The molecule has 0 aliphatic rings. The van der Waals surface area contributed by atoms with Gasteiger partial charge in [-0.3, -0.25) is 9.78 Å². The fourth-order valence-electron chi connectivity index (χ4n) is 2.37. The summed E-state index contributed by atoms with van der Waals surface area (Å²) in [5, 5.41) is 17.3. The quantitative estimate of drug-likeness (QED) is 0.528. The van der Waals surface area contributed by atoms with Gasteiger partial charge in [0.25, 0.3) is 5.91 Å². The lowest BCUT2D eigenvalue weighted by molar-refractivity contribution is 0.0952. The maximum Gasteiger partial charge on any atom is 0.255 e. The summed E-state index contributed by atoms with van der Waals surface area (Å²) in [6.07, 6.45) is 3.40. The van der Waals surface area contributed by atoms with Crippen LogP contribution in [0.3, 0.4) is 0 Å². The van der Waals surface area contributed by atoms with Gasteiger partial charge >= 0.3 is 0 Å². The second-order valence-corrected chi connectivity index (χ2v) is 5.55. The largest absolute Gasteiger partial charge is 0.496 e. The zero-order chi connectivity index (χ0) is 18.9. The highest BCUT2D eigenvalue weighted by molar-refractivity contribution is 5.96. The summed E-state index contributed by atoms with van der Waals surface area (Å²) in [6, 6.07) is 14.4. The van der Waals surface area contributed by atoms with Gasteiger partial charge in [0.05, 0.1) is 12.7 Å². The number of para-hydroxylation sites is 1. The molecule has 3 N–H and O–H groups in total. The SMILES string of the molecule is COc1ccccc1C(=O)NCCNc1ccc(Nc2ccncc2)nn1. The average Bonchev–Trinajstić information content (AvgIpc) is 2.73. The Kier molecular flexibility index (Phi) is 6.13. The summed E-state index contributed by atoms with van der Waals surface area (Å²) < 4.78 is 5.19. The van der Waals surface area contributed by atoms with E-state index < -0.39 is 0 Å². The van der Waals surface area contributed by atoms with Gasteiger partial charge in [-0.1, -0.05) is 12.1 Å². The number of hydrogen-bond acceptors (Lipinski definition) is 7. The van der Waals surface area contributed by atoms with Crippen LogP contribution in [0, 0.1) is 0 Å². The van der Waals surface area contributed by atoms with Crippen LogP contribution in [0.25, 0.3) is 0 Å². The third kappa shape index (κ3) is 5.15. The van der Waals surface area contributed by atoms with Crippen LogP contribution in [-0.2, 0) is 0 Å². The van der Waals surface area contributed by atoms with E-state index >= 15 is 0 Å². The summed E-state index contributed by atoms with van der Waals surface area (Å²) >= 11 is 0. The van der Waals surface area contributed by atoms with E-state index in [0.717, 1.165) is 5.69 Å². The van der Waals surface area contributed by atoms with Gasteiger partial charge in [0, 0.05) is 31.2 Å². The number of methoxy groups -OCH3 is 1. The van der Waals surface area contributed by atoms with Crippen molar-refractivity contribution in [2.75, 3.05) is 30.8 Å². The highest BCUT2D eigenvalue weighted by Gasteiger charge is 2.10. The monoisotopic (exact) mass is 364 g/mol. The number of ether oxygens (including phenoxy) is 1. The maximum atomic E-state index is 12.2. The Morgan fingerprint density at radius 3 is 2.44 bits per heavy atom. The normalized spacial score (nSPS) is 10.1. The minimum absolute atomic E-state index is 0.183. The smallest absolute Gasteiger partial charge is 0.255 e. The van der Waals surface area contributed by atoms with Crippen LogP contribution in [-0.4, -0.2) is 41.3 Å². The van der Waals surface area contributed by atoms with Gasteiger partial charge in [0.15, 0.2) is 5.82 Å². The van der Waals surface area contributed by atoms with Crippen LogP contribution < -0.4 is 20.7 Å². The first-order valence-electron chi connectivity index (χ1n) is 8.42. The Bertz CT molecular complexity index is 871. The van der Waals surface area contributed by atoms with Crippen molar-refractivity contribution in [1.29, 1.82) is 0 Å². The Hall–Kier alpha value is -3.68. The minimum Gasteiger partial charge on any atom is -0.496 e. The molecule has 2 heterocycles. The van der Waals surface area contributed by atoms with Crippen LogP contribution >= 0.6 is 0 Å². The Labute approximate surface area is 157 Å².